The number of rotatable bonds is 2. The van der Waals surface area contributed by atoms with Crippen molar-refractivity contribution in [2.24, 2.45) is 0 Å². The summed E-state index contributed by atoms with van der Waals surface area (Å²) in [6.45, 7) is 1.97. The molecule has 0 radical (unpaired) electrons. The first-order valence-electron chi connectivity index (χ1n) is 5.76. The normalized spacial score (nSPS) is 10.6. The summed E-state index contributed by atoms with van der Waals surface area (Å²) in [6, 6.07) is 7.32. The van der Waals surface area contributed by atoms with E-state index in [0.717, 1.165) is 5.56 Å². The number of imidazole rings is 1. The summed E-state index contributed by atoms with van der Waals surface area (Å²) in [5.74, 6) is 0.146. The molecular formula is C13H11N5O. The van der Waals surface area contributed by atoms with Gasteiger partial charge in [-0.3, -0.25) is 10.1 Å². The molecule has 3 aromatic rings. The summed E-state index contributed by atoms with van der Waals surface area (Å²) in [6.07, 6.45) is 3.02. The number of anilines is 1. The first-order valence-corrected chi connectivity index (χ1v) is 5.76. The second-order valence-corrected chi connectivity index (χ2v) is 4.17. The van der Waals surface area contributed by atoms with Crippen molar-refractivity contribution < 1.29 is 4.79 Å². The highest BCUT2D eigenvalue weighted by Gasteiger charge is 2.09. The quantitative estimate of drug-likeness (QED) is 0.730. The molecule has 19 heavy (non-hydrogen) atoms. The van der Waals surface area contributed by atoms with Crippen LogP contribution in [-0.4, -0.2) is 25.8 Å². The van der Waals surface area contributed by atoms with Crippen LogP contribution in [0.3, 0.4) is 0 Å². The second-order valence-electron chi connectivity index (χ2n) is 4.17. The molecule has 3 rings (SSSR count). The van der Waals surface area contributed by atoms with Crippen molar-refractivity contribution in [3.63, 3.8) is 0 Å². The van der Waals surface area contributed by atoms with E-state index in [1.54, 1.807) is 18.3 Å². The van der Waals surface area contributed by atoms with Gasteiger partial charge in [-0.15, -0.1) is 0 Å². The number of amides is 1. The van der Waals surface area contributed by atoms with E-state index >= 15 is 0 Å². The Kier molecular flexibility index (Phi) is 2.68. The van der Waals surface area contributed by atoms with Gasteiger partial charge in [0, 0.05) is 5.56 Å². The number of hydrogen-bond donors (Lipinski definition) is 2. The molecular weight excluding hydrogens is 242 g/mol. The van der Waals surface area contributed by atoms with Crippen LogP contribution < -0.4 is 5.32 Å². The van der Waals surface area contributed by atoms with Crippen molar-refractivity contribution in [1.29, 1.82) is 0 Å². The van der Waals surface area contributed by atoms with Crippen LogP contribution in [0.2, 0.25) is 0 Å². The zero-order valence-corrected chi connectivity index (χ0v) is 10.2. The topological polar surface area (TPSA) is 83.6 Å². The highest BCUT2D eigenvalue weighted by Crippen LogP contribution is 2.11. The minimum absolute atomic E-state index is 0.216. The fourth-order valence-electron chi connectivity index (χ4n) is 1.71. The summed E-state index contributed by atoms with van der Waals surface area (Å²) in [4.78, 5) is 27.0. The molecule has 0 saturated heterocycles. The van der Waals surface area contributed by atoms with Crippen LogP contribution in [0.5, 0.6) is 0 Å². The molecule has 0 aliphatic rings. The smallest absolute Gasteiger partial charge is 0.257 e. The van der Waals surface area contributed by atoms with E-state index in [9.17, 15) is 4.79 Å². The number of H-pyrrole nitrogens is 1. The van der Waals surface area contributed by atoms with Crippen LogP contribution in [0.4, 0.5) is 5.95 Å². The van der Waals surface area contributed by atoms with Gasteiger partial charge in [0.2, 0.25) is 5.95 Å². The summed E-state index contributed by atoms with van der Waals surface area (Å²) < 4.78 is 0. The molecule has 0 fully saturated rings. The maximum absolute atomic E-state index is 12.0. The van der Waals surface area contributed by atoms with E-state index in [2.05, 4.69) is 25.3 Å². The van der Waals surface area contributed by atoms with Gasteiger partial charge in [-0.25, -0.2) is 9.97 Å². The van der Waals surface area contributed by atoms with Gasteiger partial charge in [0.15, 0.2) is 5.65 Å². The van der Waals surface area contributed by atoms with Gasteiger partial charge < -0.3 is 4.98 Å². The molecule has 2 heterocycles. The summed E-state index contributed by atoms with van der Waals surface area (Å²) in [7, 11) is 0. The molecule has 1 amide bonds. The van der Waals surface area contributed by atoms with Gasteiger partial charge in [-0.1, -0.05) is 17.7 Å². The Hall–Kier alpha value is -2.76. The monoisotopic (exact) mass is 253 g/mol. The van der Waals surface area contributed by atoms with E-state index in [1.807, 2.05) is 19.1 Å². The molecule has 6 nitrogen and oxygen atoms in total. The van der Waals surface area contributed by atoms with Crippen LogP contribution in [0.1, 0.15) is 15.9 Å². The predicted molar refractivity (Wildman–Crippen MR) is 70.8 cm³/mol. The summed E-state index contributed by atoms with van der Waals surface area (Å²) in [5, 5.41) is 2.69. The number of nitrogens with zero attached hydrogens (tertiary/aromatic N) is 3. The molecule has 94 valence electrons. The first-order chi connectivity index (χ1) is 9.22. The molecule has 2 aromatic heterocycles. The maximum Gasteiger partial charge on any atom is 0.257 e. The third-order valence-electron chi connectivity index (χ3n) is 2.71. The van der Waals surface area contributed by atoms with Crippen molar-refractivity contribution in [2.45, 2.75) is 6.92 Å². The van der Waals surface area contributed by atoms with E-state index < -0.39 is 0 Å². The van der Waals surface area contributed by atoms with Gasteiger partial charge in [-0.05, 0) is 19.1 Å². The largest absolute Gasteiger partial charge is 0.321 e. The van der Waals surface area contributed by atoms with Gasteiger partial charge in [-0.2, -0.15) is 4.98 Å². The molecule has 0 atom stereocenters. The van der Waals surface area contributed by atoms with Gasteiger partial charge >= 0.3 is 0 Å². The zero-order valence-electron chi connectivity index (χ0n) is 10.2. The lowest BCUT2D eigenvalue weighted by molar-refractivity contribution is 0.102. The Morgan fingerprint density at radius 3 is 2.79 bits per heavy atom. The van der Waals surface area contributed by atoms with Gasteiger partial charge in [0.1, 0.15) is 11.8 Å². The molecule has 0 saturated carbocycles. The fraction of sp³-hybridized carbons (Fsp3) is 0.0769. The molecule has 1 aromatic carbocycles. The van der Waals surface area contributed by atoms with Crippen LogP contribution >= 0.6 is 0 Å². The number of aryl methyl sites for hydroxylation is 1. The van der Waals surface area contributed by atoms with Crippen molar-refractivity contribution in [1.82, 2.24) is 19.9 Å². The van der Waals surface area contributed by atoms with E-state index in [4.69, 9.17) is 0 Å². The lowest BCUT2D eigenvalue weighted by atomic mass is 10.1. The molecule has 6 heteroatoms. The van der Waals surface area contributed by atoms with Crippen LogP contribution in [0.15, 0.2) is 36.8 Å². The SMILES string of the molecule is Cc1ccc(C(=O)Nc2nc3ncncc3[nH]2)cc1. The second kappa shape index (κ2) is 4.49. The fourth-order valence-corrected chi connectivity index (χ4v) is 1.71. The first kappa shape index (κ1) is 11.3. The Bertz CT molecular complexity index is 699. The zero-order chi connectivity index (χ0) is 13.2. The lowest BCUT2D eigenvalue weighted by Crippen LogP contribution is -2.12. The van der Waals surface area contributed by atoms with Crippen LogP contribution in [-0.2, 0) is 0 Å². The van der Waals surface area contributed by atoms with E-state index in [0.29, 0.717) is 22.7 Å². The predicted octanol–water partition coefficient (Wildman–Crippen LogP) is 1.91. The summed E-state index contributed by atoms with van der Waals surface area (Å²) >= 11 is 0. The Balaban J connectivity index is 1.84. The minimum atomic E-state index is -0.216. The highest BCUT2D eigenvalue weighted by molar-refractivity contribution is 6.03. The molecule has 0 aliphatic heterocycles. The maximum atomic E-state index is 12.0. The van der Waals surface area contributed by atoms with Crippen LogP contribution in [0.25, 0.3) is 11.2 Å². The number of nitrogens with one attached hydrogen (secondary N) is 2. The molecule has 2 N–H and O–H groups in total. The minimum Gasteiger partial charge on any atom is -0.321 e. The standard InChI is InChI=1S/C13H11N5O/c1-8-2-4-9(5-3-8)12(19)18-13-16-10-6-14-7-15-11(10)17-13/h2-7H,1H3,(H2,14,15,16,17,18,19). The number of hydrogen-bond acceptors (Lipinski definition) is 4. The number of aromatic amines is 1. The number of carbonyl (C=O) groups excluding carboxylic acids is 1. The third kappa shape index (κ3) is 2.28. The van der Waals surface area contributed by atoms with Gasteiger partial charge in [0.25, 0.3) is 5.91 Å². The van der Waals surface area contributed by atoms with Gasteiger partial charge in [0.05, 0.1) is 6.20 Å². The average Bonchev–Trinajstić information content (AvgIpc) is 2.81. The molecule has 0 bridgehead atoms. The number of carbonyl (C=O) groups is 1. The Morgan fingerprint density at radius 2 is 2.05 bits per heavy atom. The van der Waals surface area contributed by atoms with Crippen molar-refractivity contribution in [3.8, 4) is 0 Å². The number of fused-ring (bicyclic) bond motifs is 1. The molecule has 0 spiro atoms. The van der Waals surface area contributed by atoms with Crippen molar-refractivity contribution in [2.75, 3.05) is 5.32 Å². The summed E-state index contributed by atoms with van der Waals surface area (Å²) in [5.41, 5.74) is 2.89. The van der Waals surface area contributed by atoms with E-state index in [1.165, 1.54) is 6.33 Å². The molecule has 0 unspecified atom stereocenters. The highest BCUT2D eigenvalue weighted by atomic mass is 16.1. The van der Waals surface area contributed by atoms with E-state index in [-0.39, 0.29) is 5.91 Å². The lowest BCUT2D eigenvalue weighted by Gasteiger charge is -2.01. The molecule has 0 aliphatic carbocycles. The number of benzene rings is 1. The average molecular weight is 253 g/mol. The number of aromatic nitrogens is 4. The Morgan fingerprint density at radius 1 is 1.26 bits per heavy atom. The van der Waals surface area contributed by atoms with Crippen molar-refractivity contribution in [3.05, 3.63) is 47.9 Å². The third-order valence-corrected chi connectivity index (χ3v) is 2.71. The van der Waals surface area contributed by atoms with Crippen molar-refractivity contribution >= 4 is 23.0 Å². The van der Waals surface area contributed by atoms with Crippen LogP contribution in [0, 0.1) is 6.92 Å². The Labute approximate surface area is 108 Å².